The minimum atomic E-state index is -0.351. The monoisotopic (exact) mass is 127 g/mol. The molecule has 2 nitrogen and oxygen atoms in total. The van der Waals surface area contributed by atoms with Crippen molar-refractivity contribution in [2.24, 2.45) is 5.92 Å². The van der Waals surface area contributed by atoms with Crippen LogP contribution in [0.4, 0.5) is 0 Å². The Hall–Kier alpha value is -0.0800. The number of fused-ring (bicyclic) bond motifs is 2. The summed E-state index contributed by atoms with van der Waals surface area (Å²) in [5.74, 6) is 0.530. The van der Waals surface area contributed by atoms with Gasteiger partial charge in [-0.1, -0.05) is 0 Å². The molecule has 2 aliphatic rings. The van der Waals surface area contributed by atoms with Crippen molar-refractivity contribution in [1.29, 1.82) is 0 Å². The Labute approximate surface area is 55.3 Å². The summed E-state index contributed by atoms with van der Waals surface area (Å²) in [7, 11) is 0. The van der Waals surface area contributed by atoms with E-state index in [9.17, 15) is 5.11 Å². The molecule has 3 atom stereocenters. The number of hydrogen-bond donors (Lipinski definition) is 2. The molecule has 3 unspecified atom stereocenters. The zero-order valence-corrected chi connectivity index (χ0v) is 5.72. The van der Waals surface area contributed by atoms with Gasteiger partial charge in [-0.2, -0.15) is 0 Å². The highest BCUT2D eigenvalue weighted by Gasteiger charge is 2.46. The molecule has 52 valence electrons. The Morgan fingerprint density at radius 2 is 2.44 bits per heavy atom. The predicted molar refractivity (Wildman–Crippen MR) is 35.1 cm³/mol. The fourth-order valence-corrected chi connectivity index (χ4v) is 2.11. The third-order valence-electron chi connectivity index (χ3n) is 2.76. The highest BCUT2D eigenvalue weighted by atomic mass is 16.3. The normalized spacial score (nSPS) is 56.7. The molecular weight excluding hydrogens is 114 g/mol. The molecule has 1 heterocycles. The molecule has 1 saturated heterocycles. The van der Waals surface area contributed by atoms with Crippen LogP contribution in [0.1, 0.15) is 19.8 Å². The average Bonchev–Trinajstić information content (AvgIpc) is 2.19. The molecule has 0 spiro atoms. The van der Waals surface area contributed by atoms with Crippen molar-refractivity contribution >= 4 is 0 Å². The lowest BCUT2D eigenvalue weighted by Gasteiger charge is -2.28. The van der Waals surface area contributed by atoms with Crippen LogP contribution in [-0.4, -0.2) is 23.3 Å². The van der Waals surface area contributed by atoms with Gasteiger partial charge in [-0.05, 0) is 19.8 Å². The van der Waals surface area contributed by atoms with Crippen LogP contribution < -0.4 is 5.32 Å². The molecule has 2 heteroatoms. The van der Waals surface area contributed by atoms with Gasteiger partial charge in [0, 0.05) is 18.5 Å². The number of piperidine rings is 1. The van der Waals surface area contributed by atoms with Gasteiger partial charge in [0.05, 0.1) is 5.60 Å². The largest absolute Gasteiger partial charge is 0.390 e. The van der Waals surface area contributed by atoms with Gasteiger partial charge in [0.15, 0.2) is 0 Å². The summed E-state index contributed by atoms with van der Waals surface area (Å²) in [6.45, 7) is 2.98. The molecule has 0 aromatic heterocycles. The summed E-state index contributed by atoms with van der Waals surface area (Å²) in [4.78, 5) is 0. The first kappa shape index (κ1) is 5.69. The first-order valence-corrected chi connectivity index (χ1v) is 3.64. The Kier molecular flexibility index (Phi) is 0.945. The molecule has 2 fully saturated rings. The standard InChI is InChI=1S/C7H13NO/c1-7(9)3-6-2-5(7)4-8-6/h5-6,8-9H,2-4H2,1H3. The lowest BCUT2D eigenvalue weighted by molar-refractivity contribution is 0.0117. The Bertz CT molecular complexity index is 133. The van der Waals surface area contributed by atoms with E-state index in [4.69, 9.17) is 0 Å². The molecule has 0 aromatic carbocycles. The maximum absolute atomic E-state index is 9.64. The lowest BCUT2D eigenvalue weighted by atomic mass is 9.92. The third kappa shape index (κ3) is 0.700. The second-order valence-electron chi connectivity index (χ2n) is 3.60. The van der Waals surface area contributed by atoms with E-state index >= 15 is 0 Å². The lowest BCUT2D eigenvalue weighted by Crippen LogP contribution is -2.40. The van der Waals surface area contributed by atoms with Crippen molar-refractivity contribution in [3.05, 3.63) is 0 Å². The first-order valence-electron chi connectivity index (χ1n) is 3.64. The first-order chi connectivity index (χ1) is 4.18. The average molecular weight is 127 g/mol. The molecule has 2 N–H and O–H groups in total. The summed E-state index contributed by atoms with van der Waals surface area (Å²) < 4.78 is 0. The Balaban J connectivity index is 2.18. The minimum Gasteiger partial charge on any atom is -0.390 e. The van der Waals surface area contributed by atoms with Gasteiger partial charge in [0.25, 0.3) is 0 Å². The molecule has 1 saturated carbocycles. The van der Waals surface area contributed by atoms with Crippen molar-refractivity contribution in [2.45, 2.75) is 31.4 Å². The predicted octanol–water partition coefficient (Wildman–Crippen LogP) is 0.119. The van der Waals surface area contributed by atoms with Gasteiger partial charge in [0.1, 0.15) is 0 Å². The zero-order valence-electron chi connectivity index (χ0n) is 5.72. The van der Waals surface area contributed by atoms with Gasteiger partial charge >= 0.3 is 0 Å². The highest BCUT2D eigenvalue weighted by molar-refractivity contribution is 5.02. The van der Waals surface area contributed by atoms with Crippen LogP contribution in [0.3, 0.4) is 0 Å². The van der Waals surface area contributed by atoms with Crippen molar-refractivity contribution in [2.75, 3.05) is 6.54 Å². The number of rotatable bonds is 0. The van der Waals surface area contributed by atoms with Crippen LogP contribution >= 0.6 is 0 Å². The van der Waals surface area contributed by atoms with Gasteiger partial charge in [-0.3, -0.25) is 0 Å². The zero-order chi connectivity index (χ0) is 6.48. The SMILES string of the molecule is CC1(O)CC2CC1CN2. The van der Waals surface area contributed by atoms with Crippen molar-refractivity contribution < 1.29 is 5.11 Å². The van der Waals surface area contributed by atoms with Crippen molar-refractivity contribution in [1.82, 2.24) is 5.32 Å². The van der Waals surface area contributed by atoms with Crippen LogP contribution in [0.15, 0.2) is 0 Å². The number of nitrogens with one attached hydrogen (secondary N) is 1. The Morgan fingerprint density at radius 3 is 2.67 bits per heavy atom. The second kappa shape index (κ2) is 1.50. The summed E-state index contributed by atoms with van der Waals surface area (Å²) in [5.41, 5.74) is -0.351. The van der Waals surface area contributed by atoms with Gasteiger partial charge in [-0.15, -0.1) is 0 Å². The van der Waals surface area contributed by atoms with E-state index in [-0.39, 0.29) is 5.60 Å². The van der Waals surface area contributed by atoms with Crippen LogP contribution in [0.2, 0.25) is 0 Å². The van der Waals surface area contributed by atoms with Gasteiger partial charge in [0.2, 0.25) is 0 Å². The van der Waals surface area contributed by atoms with E-state index in [0.29, 0.717) is 12.0 Å². The van der Waals surface area contributed by atoms with E-state index in [1.165, 1.54) is 6.42 Å². The van der Waals surface area contributed by atoms with Gasteiger partial charge in [-0.25, -0.2) is 0 Å². The Morgan fingerprint density at radius 1 is 1.67 bits per heavy atom. The van der Waals surface area contributed by atoms with Crippen molar-refractivity contribution in [3.63, 3.8) is 0 Å². The van der Waals surface area contributed by atoms with E-state index in [2.05, 4.69) is 5.32 Å². The van der Waals surface area contributed by atoms with Gasteiger partial charge < -0.3 is 10.4 Å². The van der Waals surface area contributed by atoms with E-state index in [1.54, 1.807) is 0 Å². The fourth-order valence-electron chi connectivity index (χ4n) is 2.11. The summed E-state index contributed by atoms with van der Waals surface area (Å²) in [6, 6.07) is 0.616. The van der Waals surface area contributed by atoms with Crippen LogP contribution in [0, 0.1) is 5.92 Å². The molecule has 1 aliphatic carbocycles. The number of hydrogen-bond acceptors (Lipinski definition) is 2. The summed E-state index contributed by atoms with van der Waals surface area (Å²) >= 11 is 0. The van der Waals surface area contributed by atoms with Crippen LogP contribution in [0.5, 0.6) is 0 Å². The molecule has 1 aliphatic heterocycles. The quantitative estimate of drug-likeness (QED) is 0.484. The maximum Gasteiger partial charge on any atom is 0.0675 e. The minimum absolute atomic E-state index is 0.351. The maximum atomic E-state index is 9.64. The van der Waals surface area contributed by atoms with E-state index < -0.39 is 0 Å². The van der Waals surface area contributed by atoms with Crippen LogP contribution in [0.25, 0.3) is 0 Å². The smallest absolute Gasteiger partial charge is 0.0675 e. The molecular formula is C7H13NO. The topological polar surface area (TPSA) is 32.3 Å². The summed E-state index contributed by atoms with van der Waals surface area (Å²) in [5, 5.41) is 13.0. The fraction of sp³-hybridized carbons (Fsp3) is 1.00. The molecule has 2 bridgehead atoms. The molecule has 2 rings (SSSR count). The molecule has 0 amide bonds. The van der Waals surface area contributed by atoms with E-state index in [1.807, 2.05) is 6.92 Å². The molecule has 0 radical (unpaired) electrons. The number of aliphatic hydroxyl groups is 1. The third-order valence-corrected chi connectivity index (χ3v) is 2.76. The van der Waals surface area contributed by atoms with E-state index in [0.717, 1.165) is 13.0 Å². The van der Waals surface area contributed by atoms with Crippen LogP contribution in [-0.2, 0) is 0 Å². The second-order valence-corrected chi connectivity index (χ2v) is 3.60. The summed E-state index contributed by atoms with van der Waals surface area (Å²) in [6.07, 6.45) is 2.14. The van der Waals surface area contributed by atoms with Crippen molar-refractivity contribution in [3.8, 4) is 0 Å². The molecule has 9 heavy (non-hydrogen) atoms. The highest BCUT2D eigenvalue weighted by Crippen LogP contribution is 2.39. The molecule has 0 aromatic rings.